The van der Waals surface area contributed by atoms with Crippen molar-refractivity contribution in [2.24, 2.45) is 5.41 Å². The summed E-state index contributed by atoms with van der Waals surface area (Å²) in [5.41, 5.74) is 6.94. The first-order valence-electron chi connectivity index (χ1n) is 8.49. The van der Waals surface area contributed by atoms with Crippen LogP contribution in [0.3, 0.4) is 0 Å². The molecule has 7 nitrogen and oxygen atoms in total. The molecule has 0 fully saturated rings. The Morgan fingerprint density at radius 2 is 1.93 bits per heavy atom. The highest BCUT2D eigenvalue weighted by atomic mass is 19.1. The third-order valence-corrected chi connectivity index (χ3v) is 4.24. The van der Waals surface area contributed by atoms with Crippen molar-refractivity contribution in [3.05, 3.63) is 47.7 Å². The molecular weight excluding hydrogens is 349 g/mol. The standard InChI is InChI=1S/C19H22FN5O2/c1-10-13-7-11(20)5-6-14(13)27-15(10)16(19(2,3)4)24-18(26)25-17-22-8-12(21)9-23-17/h5-9,16H,21H2,1-4H3,(H2,22,23,24,25,26)/t16-/m1/s1. The molecule has 0 spiro atoms. The van der Waals surface area contributed by atoms with Gasteiger partial charge in [-0.15, -0.1) is 0 Å². The summed E-state index contributed by atoms with van der Waals surface area (Å²) in [7, 11) is 0. The van der Waals surface area contributed by atoms with Gasteiger partial charge in [-0.2, -0.15) is 0 Å². The molecule has 2 amide bonds. The van der Waals surface area contributed by atoms with Gasteiger partial charge < -0.3 is 15.5 Å². The Morgan fingerprint density at radius 3 is 2.56 bits per heavy atom. The van der Waals surface area contributed by atoms with Crippen LogP contribution in [0.1, 0.15) is 38.1 Å². The minimum atomic E-state index is -0.481. The predicted molar refractivity (Wildman–Crippen MR) is 102 cm³/mol. The van der Waals surface area contributed by atoms with E-state index in [1.165, 1.54) is 24.5 Å². The first-order chi connectivity index (χ1) is 12.6. The Morgan fingerprint density at radius 1 is 1.26 bits per heavy atom. The molecule has 3 rings (SSSR count). The average molecular weight is 371 g/mol. The van der Waals surface area contributed by atoms with E-state index in [4.69, 9.17) is 10.2 Å². The topological polar surface area (TPSA) is 106 Å². The lowest BCUT2D eigenvalue weighted by Crippen LogP contribution is -2.39. The SMILES string of the molecule is Cc1c([C@@H](NC(=O)Nc2ncc(N)cn2)C(C)(C)C)oc2ccc(F)cc12. The number of hydrogen-bond acceptors (Lipinski definition) is 5. The van der Waals surface area contributed by atoms with Crippen LogP contribution in [-0.4, -0.2) is 16.0 Å². The van der Waals surface area contributed by atoms with E-state index in [0.717, 1.165) is 5.56 Å². The van der Waals surface area contributed by atoms with Gasteiger partial charge >= 0.3 is 6.03 Å². The Bertz CT molecular complexity index is 976. The number of benzene rings is 1. The molecular formula is C19H22FN5O2. The number of nitrogens with two attached hydrogens (primary N) is 1. The van der Waals surface area contributed by atoms with Gasteiger partial charge in [0.25, 0.3) is 0 Å². The van der Waals surface area contributed by atoms with Gasteiger partial charge in [0, 0.05) is 10.9 Å². The van der Waals surface area contributed by atoms with Crippen LogP contribution in [0.25, 0.3) is 11.0 Å². The van der Waals surface area contributed by atoms with Crippen LogP contribution in [0.2, 0.25) is 0 Å². The van der Waals surface area contributed by atoms with Gasteiger partial charge in [0.1, 0.15) is 17.2 Å². The van der Waals surface area contributed by atoms with E-state index in [2.05, 4.69) is 20.6 Å². The summed E-state index contributed by atoms with van der Waals surface area (Å²) in [6, 6.07) is 3.43. The average Bonchev–Trinajstić information content (AvgIpc) is 2.90. The van der Waals surface area contributed by atoms with Crippen LogP contribution in [0, 0.1) is 18.2 Å². The molecule has 0 aliphatic carbocycles. The Labute approximate surface area is 156 Å². The van der Waals surface area contributed by atoms with Crippen LogP contribution in [0.4, 0.5) is 20.8 Å². The number of carbonyl (C=O) groups is 1. The number of anilines is 2. The quantitative estimate of drug-likeness (QED) is 0.641. The van der Waals surface area contributed by atoms with Crippen molar-refractivity contribution in [2.75, 3.05) is 11.1 Å². The number of aromatic nitrogens is 2. The fraction of sp³-hybridized carbons (Fsp3) is 0.316. The van der Waals surface area contributed by atoms with E-state index in [9.17, 15) is 9.18 Å². The highest BCUT2D eigenvalue weighted by molar-refractivity contribution is 5.88. The third-order valence-electron chi connectivity index (χ3n) is 4.24. The summed E-state index contributed by atoms with van der Waals surface area (Å²) in [4.78, 5) is 20.4. The van der Waals surface area contributed by atoms with Crippen LogP contribution in [0.5, 0.6) is 0 Å². The van der Waals surface area contributed by atoms with Crippen LogP contribution in [0.15, 0.2) is 35.0 Å². The zero-order valence-electron chi connectivity index (χ0n) is 15.6. The van der Waals surface area contributed by atoms with Gasteiger partial charge in [-0.05, 0) is 30.5 Å². The summed E-state index contributed by atoms with van der Waals surface area (Å²) >= 11 is 0. The fourth-order valence-electron chi connectivity index (χ4n) is 2.83. The highest BCUT2D eigenvalue weighted by Gasteiger charge is 2.33. The van der Waals surface area contributed by atoms with E-state index in [1.807, 2.05) is 27.7 Å². The van der Waals surface area contributed by atoms with Crippen molar-refractivity contribution >= 4 is 28.6 Å². The first kappa shape index (κ1) is 18.6. The molecule has 0 aliphatic heterocycles. The molecule has 0 unspecified atom stereocenters. The molecule has 2 aromatic heterocycles. The molecule has 0 radical (unpaired) electrons. The van der Waals surface area contributed by atoms with Crippen molar-refractivity contribution in [1.82, 2.24) is 15.3 Å². The van der Waals surface area contributed by atoms with Crippen molar-refractivity contribution in [1.29, 1.82) is 0 Å². The summed E-state index contributed by atoms with van der Waals surface area (Å²) in [5.74, 6) is 0.380. The van der Waals surface area contributed by atoms with E-state index < -0.39 is 12.1 Å². The zero-order valence-corrected chi connectivity index (χ0v) is 15.6. The van der Waals surface area contributed by atoms with E-state index in [0.29, 0.717) is 22.4 Å². The number of hydrogen-bond donors (Lipinski definition) is 3. The van der Waals surface area contributed by atoms with Crippen LogP contribution < -0.4 is 16.4 Å². The summed E-state index contributed by atoms with van der Waals surface area (Å²) in [6.07, 6.45) is 2.81. The molecule has 0 bridgehead atoms. The third kappa shape index (κ3) is 3.99. The number of aryl methyl sites for hydroxylation is 1. The van der Waals surface area contributed by atoms with Gasteiger partial charge in [0.2, 0.25) is 5.95 Å². The molecule has 142 valence electrons. The number of urea groups is 1. The van der Waals surface area contributed by atoms with E-state index in [-0.39, 0.29) is 17.2 Å². The number of nitrogens with one attached hydrogen (secondary N) is 2. The monoisotopic (exact) mass is 371 g/mol. The van der Waals surface area contributed by atoms with Crippen LogP contribution >= 0.6 is 0 Å². The number of rotatable bonds is 3. The maximum atomic E-state index is 13.6. The number of nitrogens with zero attached hydrogens (tertiary/aromatic N) is 2. The molecule has 0 aliphatic rings. The Hall–Kier alpha value is -3.16. The number of halogens is 1. The predicted octanol–water partition coefficient (Wildman–Crippen LogP) is 4.16. The number of furan rings is 1. The maximum Gasteiger partial charge on any atom is 0.322 e. The largest absolute Gasteiger partial charge is 0.459 e. The molecule has 4 N–H and O–H groups in total. The van der Waals surface area contributed by atoms with E-state index in [1.54, 1.807) is 6.07 Å². The number of carbonyl (C=O) groups excluding carboxylic acids is 1. The number of amides is 2. The highest BCUT2D eigenvalue weighted by Crippen LogP contribution is 2.38. The molecule has 1 atom stereocenters. The van der Waals surface area contributed by atoms with Crippen LogP contribution in [-0.2, 0) is 0 Å². The van der Waals surface area contributed by atoms with Gasteiger partial charge in [-0.25, -0.2) is 19.2 Å². The normalized spacial score (nSPS) is 12.8. The van der Waals surface area contributed by atoms with Crippen molar-refractivity contribution in [2.45, 2.75) is 33.7 Å². The van der Waals surface area contributed by atoms with Gasteiger partial charge in [0.15, 0.2) is 0 Å². The lowest BCUT2D eigenvalue weighted by atomic mass is 9.84. The van der Waals surface area contributed by atoms with Gasteiger partial charge in [0.05, 0.1) is 24.1 Å². The molecule has 27 heavy (non-hydrogen) atoms. The minimum absolute atomic E-state index is 0.137. The zero-order chi connectivity index (χ0) is 19.8. The number of nitrogen functional groups attached to an aromatic ring is 1. The second-order valence-corrected chi connectivity index (χ2v) is 7.47. The second-order valence-electron chi connectivity index (χ2n) is 7.47. The second kappa shape index (κ2) is 6.86. The van der Waals surface area contributed by atoms with Crippen molar-refractivity contribution in [3.8, 4) is 0 Å². The number of fused-ring (bicyclic) bond motifs is 1. The maximum absolute atomic E-state index is 13.6. The molecule has 1 aromatic carbocycles. The molecule has 0 saturated heterocycles. The molecule has 2 heterocycles. The summed E-state index contributed by atoms with van der Waals surface area (Å²) in [5, 5.41) is 6.16. The van der Waals surface area contributed by atoms with Crippen molar-refractivity contribution < 1.29 is 13.6 Å². The Kier molecular flexibility index (Phi) is 4.73. The molecule has 3 aromatic rings. The first-order valence-corrected chi connectivity index (χ1v) is 8.49. The molecule has 0 saturated carbocycles. The van der Waals surface area contributed by atoms with Gasteiger partial charge in [-0.1, -0.05) is 20.8 Å². The lowest BCUT2D eigenvalue weighted by Gasteiger charge is -2.30. The molecule has 8 heteroatoms. The van der Waals surface area contributed by atoms with Gasteiger partial charge in [-0.3, -0.25) is 5.32 Å². The van der Waals surface area contributed by atoms with Crippen molar-refractivity contribution in [3.63, 3.8) is 0 Å². The Balaban J connectivity index is 1.89. The smallest absolute Gasteiger partial charge is 0.322 e. The summed E-state index contributed by atoms with van der Waals surface area (Å²) in [6.45, 7) is 7.78. The lowest BCUT2D eigenvalue weighted by molar-refractivity contribution is 0.217. The summed E-state index contributed by atoms with van der Waals surface area (Å²) < 4.78 is 19.5. The van der Waals surface area contributed by atoms with E-state index >= 15 is 0 Å². The minimum Gasteiger partial charge on any atom is -0.459 e. The fourth-order valence-corrected chi connectivity index (χ4v) is 2.83.